The summed E-state index contributed by atoms with van der Waals surface area (Å²) < 4.78 is 16.8. The first kappa shape index (κ1) is 20.8. The number of thiazole rings is 1. The maximum absolute atomic E-state index is 12.9. The summed E-state index contributed by atoms with van der Waals surface area (Å²) >= 11 is 4.79. The predicted octanol–water partition coefficient (Wildman–Crippen LogP) is 4.53. The predicted molar refractivity (Wildman–Crippen MR) is 116 cm³/mol. The van der Waals surface area contributed by atoms with Crippen LogP contribution < -0.4 is 4.90 Å². The van der Waals surface area contributed by atoms with Crippen LogP contribution in [0.4, 0.5) is 5.13 Å². The van der Waals surface area contributed by atoms with Crippen LogP contribution >= 0.6 is 27.3 Å². The van der Waals surface area contributed by atoms with Gasteiger partial charge in [-0.1, -0.05) is 28.1 Å². The first-order valence-corrected chi connectivity index (χ1v) is 11.1. The molecule has 1 atom stereocenters. The van der Waals surface area contributed by atoms with Crippen LogP contribution in [0.15, 0.2) is 56.9 Å². The molecule has 156 valence electrons. The molecule has 0 N–H and O–H groups in total. The van der Waals surface area contributed by atoms with Gasteiger partial charge in [-0.15, -0.1) is 11.3 Å². The molecule has 30 heavy (non-hydrogen) atoms. The average molecular weight is 491 g/mol. The number of hydrogen-bond acceptors (Lipinski definition) is 7. The van der Waals surface area contributed by atoms with Crippen LogP contribution in [0.3, 0.4) is 0 Å². The number of carbonyl (C=O) groups excluding carboxylic acids is 2. The Morgan fingerprint density at radius 1 is 1.27 bits per heavy atom. The minimum Gasteiger partial charge on any atom is -0.457 e. The molecule has 1 aliphatic rings. The minimum absolute atomic E-state index is 0.0558. The van der Waals surface area contributed by atoms with Crippen molar-refractivity contribution >= 4 is 44.3 Å². The summed E-state index contributed by atoms with van der Waals surface area (Å²) in [4.78, 5) is 31.1. The standard InChI is InChI=1S/C21H19BrN2O5S/c22-15-7-5-14(6-8-15)17-13-30-21(23-17)24(11-16-3-1-9-27-16)19(25)12-29-20(26)18-4-2-10-28-18/h2,4-8,10,13,16H,1,3,9,11-12H2. The molecular formula is C21H19BrN2O5S. The van der Waals surface area contributed by atoms with E-state index in [1.807, 2.05) is 29.6 Å². The fraction of sp³-hybridized carbons (Fsp3) is 0.286. The molecular weight excluding hydrogens is 472 g/mol. The van der Waals surface area contributed by atoms with Crippen molar-refractivity contribution in [1.82, 2.24) is 4.98 Å². The third-order valence-corrected chi connectivity index (χ3v) is 6.02. The monoisotopic (exact) mass is 490 g/mol. The van der Waals surface area contributed by atoms with Crippen molar-refractivity contribution in [2.24, 2.45) is 0 Å². The summed E-state index contributed by atoms with van der Waals surface area (Å²) in [5.41, 5.74) is 1.73. The molecule has 0 spiro atoms. The van der Waals surface area contributed by atoms with Gasteiger partial charge >= 0.3 is 5.97 Å². The van der Waals surface area contributed by atoms with Gasteiger partial charge in [0.1, 0.15) is 0 Å². The number of aromatic nitrogens is 1. The van der Waals surface area contributed by atoms with E-state index in [-0.39, 0.29) is 17.8 Å². The zero-order valence-electron chi connectivity index (χ0n) is 16.0. The van der Waals surface area contributed by atoms with Gasteiger partial charge in [0.25, 0.3) is 5.91 Å². The lowest BCUT2D eigenvalue weighted by molar-refractivity contribution is -0.122. The van der Waals surface area contributed by atoms with E-state index in [1.54, 1.807) is 11.0 Å². The second-order valence-electron chi connectivity index (χ2n) is 6.72. The third kappa shape index (κ3) is 4.97. The van der Waals surface area contributed by atoms with Gasteiger partial charge in [-0.25, -0.2) is 9.78 Å². The lowest BCUT2D eigenvalue weighted by Gasteiger charge is -2.22. The van der Waals surface area contributed by atoms with Crippen LogP contribution in [0.2, 0.25) is 0 Å². The van der Waals surface area contributed by atoms with Gasteiger partial charge in [0.2, 0.25) is 5.76 Å². The van der Waals surface area contributed by atoms with E-state index in [2.05, 4.69) is 20.9 Å². The third-order valence-electron chi connectivity index (χ3n) is 4.62. The normalized spacial score (nSPS) is 15.8. The van der Waals surface area contributed by atoms with Gasteiger partial charge < -0.3 is 13.9 Å². The van der Waals surface area contributed by atoms with E-state index in [0.29, 0.717) is 18.3 Å². The summed E-state index contributed by atoms with van der Waals surface area (Å²) in [6, 6.07) is 10.9. The number of hydrogen-bond donors (Lipinski definition) is 0. The number of ether oxygens (including phenoxy) is 2. The van der Waals surface area contributed by atoms with Gasteiger partial charge in [0.15, 0.2) is 11.7 Å². The Kier molecular flexibility index (Phi) is 6.61. The molecule has 3 aromatic rings. The summed E-state index contributed by atoms with van der Waals surface area (Å²) in [6.45, 7) is 0.645. The maximum Gasteiger partial charge on any atom is 0.374 e. The first-order chi connectivity index (χ1) is 14.6. The second kappa shape index (κ2) is 9.55. The maximum atomic E-state index is 12.9. The van der Waals surface area contributed by atoms with Crippen molar-refractivity contribution in [2.75, 3.05) is 24.7 Å². The Bertz CT molecular complexity index is 997. The number of carbonyl (C=O) groups is 2. The van der Waals surface area contributed by atoms with E-state index < -0.39 is 12.6 Å². The van der Waals surface area contributed by atoms with Crippen LogP contribution in [0, 0.1) is 0 Å². The lowest BCUT2D eigenvalue weighted by atomic mass is 10.2. The topological polar surface area (TPSA) is 81.9 Å². The van der Waals surface area contributed by atoms with Crippen LogP contribution in [0.5, 0.6) is 0 Å². The largest absolute Gasteiger partial charge is 0.457 e. The Morgan fingerprint density at radius 2 is 2.10 bits per heavy atom. The molecule has 1 unspecified atom stereocenters. The van der Waals surface area contributed by atoms with Gasteiger partial charge in [0.05, 0.1) is 24.6 Å². The highest BCUT2D eigenvalue weighted by Gasteiger charge is 2.27. The molecule has 0 aliphatic carbocycles. The number of esters is 1. The quantitative estimate of drug-likeness (QED) is 0.452. The zero-order valence-corrected chi connectivity index (χ0v) is 18.4. The van der Waals surface area contributed by atoms with Crippen molar-refractivity contribution in [3.63, 3.8) is 0 Å². The van der Waals surface area contributed by atoms with Crippen molar-refractivity contribution < 1.29 is 23.5 Å². The molecule has 9 heteroatoms. The number of benzene rings is 1. The summed E-state index contributed by atoms with van der Waals surface area (Å²) in [5.74, 6) is -0.984. The van der Waals surface area contributed by atoms with Gasteiger partial charge in [-0.3, -0.25) is 9.69 Å². The molecule has 4 rings (SSSR count). The highest BCUT2D eigenvalue weighted by molar-refractivity contribution is 9.10. The lowest BCUT2D eigenvalue weighted by Crippen LogP contribution is -2.40. The Hall–Kier alpha value is -2.49. The van der Waals surface area contributed by atoms with Crippen molar-refractivity contribution in [3.8, 4) is 11.3 Å². The molecule has 7 nitrogen and oxygen atoms in total. The molecule has 1 fully saturated rings. The van der Waals surface area contributed by atoms with Crippen LogP contribution in [0.25, 0.3) is 11.3 Å². The average Bonchev–Trinajstić information content (AvgIpc) is 3.53. The van der Waals surface area contributed by atoms with Crippen LogP contribution in [-0.2, 0) is 14.3 Å². The SMILES string of the molecule is O=C(OCC(=O)N(CC1CCCO1)c1nc(-c2ccc(Br)cc2)cs1)c1ccco1. The molecule has 0 saturated carbocycles. The first-order valence-electron chi connectivity index (χ1n) is 9.44. The molecule has 2 aromatic heterocycles. The highest BCUT2D eigenvalue weighted by atomic mass is 79.9. The van der Waals surface area contributed by atoms with Gasteiger partial charge in [0, 0.05) is 22.0 Å². The Labute approximate surface area is 185 Å². The van der Waals surface area contributed by atoms with E-state index in [0.717, 1.165) is 28.6 Å². The number of amides is 1. The number of anilines is 1. The highest BCUT2D eigenvalue weighted by Crippen LogP contribution is 2.29. The fourth-order valence-corrected chi connectivity index (χ4v) is 4.22. The number of halogens is 1. The van der Waals surface area contributed by atoms with E-state index in [1.165, 1.54) is 23.7 Å². The van der Waals surface area contributed by atoms with Crippen LogP contribution in [0.1, 0.15) is 23.4 Å². The van der Waals surface area contributed by atoms with Gasteiger partial charge in [-0.2, -0.15) is 0 Å². The van der Waals surface area contributed by atoms with E-state index >= 15 is 0 Å². The summed E-state index contributed by atoms with van der Waals surface area (Å²) in [5, 5.41) is 2.45. The second-order valence-corrected chi connectivity index (χ2v) is 8.47. The molecule has 1 amide bonds. The fourth-order valence-electron chi connectivity index (χ4n) is 3.09. The smallest absolute Gasteiger partial charge is 0.374 e. The minimum atomic E-state index is -0.680. The van der Waals surface area contributed by atoms with Gasteiger partial charge in [-0.05, 0) is 37.1 Å². The van der Waals surface area contributed by atoms with E-state index in [4.69, 9.17) is 13.9 Å². The number of furan rings is 1. The molecule has 1 aromatic carbocycles. The molecule has 1 saturated heterocycles. The molecule has 3 heterocycles. The van der Waals surface area contributed by atoms with Crippen molar-refractivity contribution in [3.05, 3.63) is 58.3 Å². The van der Waals surface area contributed by atoms with Crippen molar-refractivity contribution in [2.45, 2.75) is 18.9 Å². The molecule has 0 radical (unpaired) electrons. The summed E-state index contributed by atoms with van der Waals surface area (Å²) in [6.07, 6.45) is 3.15. The van der Waals surface area contributed by atoms with Crippen molar-refractivity contribution in [1.29, 1.82) is 0 Å². The zero-order chi connectivity index (χ0) is 20.9. The van der Waals surface area contributed by atoms with Crippen LogP contribution in [-0.4, -0.2) is 42.7 Å². The number of rotatable bonds is 7. The Morgan fingerprint density at radius 3 is 2.80 bits per heavy atom. The summed E-state index contributed by atoms with van der Waals surface area (Å²) in [7, 11) is 0. The molecule has 0 bridgehead atoms. The van der Waals surface area contributed by atoms with E-state index in [9.17, 15) is 9.59 Å². The Balaban J connectivity index is 1.49. The number of nitrogens with zero attached hydrogens (tertiary/aromatic N) is 2. The molecule has 1 aliphatic heterocycles.